The summed E-state index contributed by atoms with van der Waals surface area (Å²) < 4.78 is 5.84. The van der Waals surface area contributed by atoms with Crippen molar-refractivity contribution >= 4 is 17.4 Å². The Kier molecular flexibility index (Phi) is 6.14. The van der Waals surface area contributed by atoms with Crippen molar-refractivity contribution in [1.29, 1.82) is 0 Å². The molecule has 0 spiro atoms. The van der Waals surface area contributed by atoms with Crippen LogP contribution in [0.25, 0.3) is 11.3 Å². The minimum Gasteiger partial charge on any atom is -0.494 e. The molecule has 1 fully saturated rings. The van der Waals surface area contributed by atoms with Gasteiger partial charge in [0.15, 0.2) is 11.5 Å². The minimum atomic E-state index is -0.435. The van der Waals surface area contributed by atoms with Crippen molar-refractivity contribution in [3.8, 4) is 17.0 Å². The van der Waals surface area contributed by atoms with Crippen LogP contribution in [0.15, 0.2) is 55.0 Å². The Morgan fingerprint density at radius 1 is 1.23 bits per heavy atom. The van der Waals surface area contributed by atoms with E-state index in [1.54, 1.807) is 30.7 Å². The van der Waals surface area contributed by atoms with Crippen molar-refractivity contribution in [2.75, 3.05) is 24.2 Å². The third kappa shape index (κ3) is 4.90. The lowest BCUT2D eigenvalue weighted by Gasteiger charge is -2.12. The number of aromatic nitrogens is 3. The fourth-order valence-corrected chi connectivity index (χ4v) is 3.38. The quantitative estimate of drug-likeness (QED) is 0.554. The van der Waals surface area contributed by atoms with Crippen LogP contribution >= 0.6 is 0 Å². The topological polar surface area (TPSA) is 115 Å². The van der Waals surface area contributed by atoms with Gasteiger partial charge in [0, 0.05) is 17.8 Å². The first-order valence-electron chi connectivity index (χ1n) is 9.99. The smallest absolute Gasteiger partial charge is 0.278 e. The number of ether oxygens (including phenoxy) is 1. The van der Waals surface area contributed by atoms with E-state index in [1.807, 2.05) is 24.3 Å². The SMILES string of the molecule is Nc1ncc(-c2ccc(OCCC3CCCN3)cc2)nc1C(=O)Nc1cccnc1. The number of nitrogen functional groups attached to an aromatic ring is 1. The standard InChI is InChI=1S/C22H24N6O2/c23-21-20(22(29)27-17-4-1-10-24-13-17)28-19(14-26-21)15-5-7-18(8-6-15)30-12-9-16-3-2-11-25-16/h1,4-8,10,13-14,16,25H,2-3,9,11-12H2,(H2,23,26)(H,27,29). The number of carbonyl (C=O) groups is 1. The molecule has 4 rings (SSSR count). The van der Waals surface area contributed by atoms with Crippen molar-refractivity contribution in [3.05, 3.63) is 60.7 Å². The summed E-state index contributed by atoms with van der Waals surface area (Å²) in [6, 6.07) is 11.6. The van der Waals surface area contributed by atoms with Crippen LogP contribution in [0.3, 0.4) is 0 Å². The highest BCUT2D eigenvalue weighted by atomic mass is 16.5. The van der Waals surface area contributed by atoms with Gasteiger partial charge in [-0.2, -0.15) is 0 Å². The average Bonchev–Trinajstić information content (AvgIpc) is 3.29. The lowest BCUT2D eigenvalue weighted by molar-refractivity contribution is 0.102. The summed E-state index contributed by atoms with van der Waals surface area (Å²) in [6.07, 6.45) is 8.19. The van der Waals surface area contributed by atoms with E-state index >= 15 is 0 Å². The number of nitrogens with two attached hydrogens (primary N) is 1. The lowest BCUT2D eigenvalue weighted by Crippen LogP contribution is -2.23. The number of carbonyl (C=O) groups excluding carboxylic acids is 1. The van der Waals surface area contributed by atoms with Crippen molar-refractivity contribution < 1.29 is 9.53 Å². The van der Waals surface area contributed by atoms with Crippen LogP contribution < -0.4 is 21.1 Å². The molecule has 1 aliphatic rings. The van der Waals surface area contributed by atoms with Crippen LogP contribution in [0.4, 0.5) is 11.5 Å². The van der Waals surface area contributed by atoms with Gasteiger partial charge in [0.25, 0.3) is 5.91 Å². The van der Waals surface area contributed by atoms with E-state index < -0.39 is 5.91 Å². The number of benzene rings is 1. The van der Waals surface area contributed by atoms with Gasteiger partial charge in [-0.05, 0) is 62.2 Å². The second-order valence-corrected chi connectivity index (χ2v) is 7.14. The summed E-state index contributed by atoms with van der Waals surface area (Å²) in [6.45, 7) is 1.78. The molecule has 1 saturated heterocycles. The number of amides is 1. The molecule has 3 heterocycles. The van der Waals surface area contributed by atoms with E-state index in [0.717, 1.165) is 24.3 Å². The predicted molar refractivity (Wildman–Crippen MR) is 115 cm³/mol. The monoisotopic (exact) mass is 404 g/mol. The summed E-state index contributed by atoms with van der Waals surface area (Å²) in [5.41, 5.74) is 7.89. The Hall–Kier alpha value is -3.52. The molecule has 3 aromatic rings. The molecule has 0 radical (unpaired) electrons. The summed E-state index contributed by atoms with van der Waals surface area (Å²) in [5, 5.41) is 6.19. The zero-order valence-corrected chi connectivity index (χ0v) is 16.5. The van der Waals surface area contributed by atoms with Crippen molar-refractivity contribution in [2.45, 2.75) is 25.3 Å². The van der Waals surface area contributed by atoms with Crippen molar-refractivity contribution in [1.82, 2.24) is 20.3 Å². The van der Waals surface area contributed by atoms with E-state index in [9.17, 15) is 4.79 Å². The first-order valence-corrected chi connectivity index (χ1v) is 9.99. The molecule has 1 atom stereocenters. The molecule has 1 aromatic carbocycles. The number of hydrogen-bond donors (Lipinski definition) is 3. The van der Waals surface area contributed by atoms with Crippen LogP contribution in [0.2, 0.25) is 0 Å². The number of pyridine rings is 1. The van der Waals surface area contributed by atoms with Crippen LogP contribution in [0, 0.1) is 0 Å². The van der Waals surface area contributed by atoms with E-state index in [0.29, 0.717) is 24.0 Å². The van der Waals surface area contributed by atoms with Crippen LogP contribution in [0.1, 0.15) is 29.8 Å². The average molecular weight is 404 g/mol. The number of rotatable bonds is 7. The van der Waals surface area contributed by atoms with Gasteiger partial charge in [-0.25, -0.2) is 9.97 Å². The molecule has 2 aromatic heterocycles. The number of nitrogens with one attached hydrogen (secondary N) is 2. The Labute approximate surface area is 174 Å². The Balaban J connectivity index is 1.42. The van der Waals surface area contributed by atoms with Crippen LogP contribution in [-0.4, -0.2) is 40.1 Å². The van der Waals surface area contributed by atoms with Gasteiger partial charge in [0.05, 0.1) is 30.4 Å². The molecule has 0 saturated carbocycles. The zero-order valence-electron chi connectivity index (χ0n) is 16.5. The highest BCUT2D eigenvalue weighted by Crippen LogP contribution is 2.22. The van der Waals surface area contributed by atoms with Crippen LogP contribution in [0.5, 0.6) is 5.75 Å². The third-order valence-corrected chi connectivity index (χ3v) is 4.98. The lowest BCUT2D eigenvalue weighted by atomic mass is 10.1. The van der Waals surface area contributed by atoms with E-state index in [2.05, 4.69) is 25.6 Å². The Morgan fingerprint density at radius 2 is 2.10 bits per heavy atom. The van der Waals surface area contributed by atoms with Gasteiger partial charge in [-0.15, -0.1) is 0 Å². The van der Waals surface area contributed by atoms with Crippen molar-refractivity contribution in [2.24, 2.45) is 0 Å². The minimum absolute atomic E-state index is 0.0700. The third-order valence-electron chi connectivity index (χ3n) is 4.98. The molecule has 154 valence electrons. The summed E-state index contributed by atoms with van der Waals surface area (Å²) in [4.78, 5) is 25.1. The molecule has 8 nitrogen and oxygen atoms in total. The van der Waals surface area contributed by atoms with E-state index in [4.69, 9.17) is 10.5 Å². The van der Waals surface area contributed by atoms with Crippen LogP contribution in [-0.2, 0) is 0 Å². The molecule has 0 bridgehead atoms. The molecule has 8 heteroatoms. The number of anilines is 2. The van der Waals surface area contributed by atoms with E-state index in [-0.39, 0.29) is 11.5 Å². The maximum absolute atomic E-state index is 12.6. The predicted octanol–water partition coefficient (Wildman–Crippen LogP) is 2.89. The first-order chi connectivity index (χ1) is 14.7. The summed E-state index contributed by atoms with van der Waals surface area (Å²) >= 11 is 0. The summed E-state index contributed by atoms with van der Waals surface area (Å²) in [7, 11) is 0. The molecule has 0 aliphatic carbocycles. The Morgan fingerprint density at radius 3 is 2.83 bits per heavy atom. The fraction of sp³-hybridized carbons (Fsp3) is 0.273. The second-order valence-electron chi connectivity index (χ2n) is 7.14. The molecule has 1 unspecified atom stereocenters. The fourth-order valence-electron chi connectivity index (χ4n) is 3.38. The zero-order chi connectivity index (χ0) is 20.8. The highest BCUT2D eigenvalue weighted by molar-refractivity contribution is 6.05. The maximum atomic E-state index is 12.6. The molecule has 1 amide bonds. The molecule has 1 aliphatic heterocycles. The van der Waals surface area contributed by atoms with Gasteiger partial charge < -0.3 is 21.1 Å². The van der Waals surface area contributed by atoms with Gasteiger partial charge in [0.2, 0.25) is 0 Å². The maximum Gasteiger partial charge on any atom is 0.278 e. The largest absolute Gasteiger partial charge is 0.494 e. The Bertz CT molecular complexity index is 988. The highest BCUT2D eigenvalue weighted by Gasteiger charge is 2.16. The number of hydrogen-bond acceptors (Lipinski definition) is 7. The normalized spacial score (nSPS) is 15.7. The second kappa shape index (κ2) is 9.32. The van der Waals surface area contributed by atoms with E-state index in [1.165, 1.54) is 12.8 Å². The van der Waals surface area contributed by atoms with Gasteiger partial charge in [-0.1, -0.05) is 0 Å². The summed E-state index contributed by atoms with van der Waals surface area (Å²) in [5.74, 6) is 0.436. The molecular weight excluding hydrogens is 380 g/mol. The number of nitrogens with zero attached hydrogens (tertiary/aromatic N) is 3. The van der Waals surface area contributed by atoms with Gasteiger partial charge in [0.1, 0.15) is 5.75 Å². The van der Waals surface area contributed by atoms with Crippen molar-refractivity contribution in [3.63, 3.8) is 0 Å². The van der Waals surface area contributed by atoms with Gasteiger partial charge in [-0.3, -0.25) is 9.78 Å². The molecule has 4 N–H and O–H groups in total. The molecular formula is C22H24N6O2. The molecule has 30 heavy (non-hydrogen) atoms. The van der Waals surface area contributed by atoms with Gasteiger partial charge >= 0.3 is 0 Å². The first kappa shape index (κ1) is 19.8.